The van der Waals surface area contributed by atoms with E-state index in [1.165, 1.54) is 12.1 Å². The molecule has 26 heavy (non-hydrogen) atoms. The quantitative estimate of drug-likeness (QED) is 0.721. The number of aromatic nitrogens is 4. The van der Waals surface area contributed by atoms with Crippen LogP contribution in [-0.2, 0) is 0 Å². The van der Waals surface area contributed by atoms with Crippen LogP contribution in [0.15, 0.2) is 47.5 Å². The topological polar surface area (TPSA) is 74.4 Å². The lowest BCUT2D eigenvalue weighted by molar-refractivity contribution is 0.382. The maximum Gasteiger partial charge on any atom is 0.269 e. The predicted molar refractivity (Wildman–Crippen MR) is 92.7 cm³/mol. The molecule has 4 rings (SSSR count). The fraction of sp³-hybridized carbons (Fsp3) is 0.222. The minimum atomic E-state index is -0.289. The second-order valence-electron chi connectivity index (χ2n) is 5.82. The van der Waals surface area contributed by atoms with Gasteiger partial charge in [-0.3, -0.25) is 0 Å². The summed E-state index contributed by atoms with van der Waals surface area (Å²) in [5, 5.41) is 11.8. The fourth-order valence-corrected chi connectivity index (χ4v) is 3.06. The first-order chi connectivity index (χ1) is 12.7. The van der Waals surface area contributed by atoms with Gasteiger partial charge in [0.2, 0.25) is 0 Å². The summed E-state index contributed by atoms with van der Waals surface area (Å²) in [6, 6.07) is 11.7. The van der Waals surface area contributed by atoms with E-state index in [2.05, 4.69) is 20.5 Å². The molecule has 1 aliphatic heterocycles. The number of fused-ring (bicyclic) bond motifs is 1. The Morgan fingerprint density at radius 2 is 1.88 bits per heavy atom. The molecule has 1 unspecified atom stereocenters. The molecule has 2 heterocycles. The van der Waals surface area contributed by atoms with Gasteiger partial charge in [0.1, 0.15) is 17.3 Å². The standard InChI is InChI=1S/C18H16FN5O2/c1-25-13-7-8-14(17(9-13)26-2)16-10-15(11-3-5-12(19)6-4-11)20-18-21-22-23-24(16)18/h3-9,16H,10H2,1-2H3. The molecule has 1 aromatic heterocycles. The number of rotatable bonds is 4. The van der Waals surface area contributed by atoms with E-state index in [-0.39, 0.29) is 11.9 Å². The van der Waals surface area contributed by atoms with E-state index < -0.39 is 0 Å². The Bertz CT molecular complexity index is 968. The van der Waals surface area contributed by atoms with Gasteiger partial charge >= 0.3 is 0 Å². The molecule has 1 aliphatic rings. The van der Waals surface area contributed by atoms with Crippen LogP contribution in [0.5, 0.6) is 11.5 Å². The van der Waals surface area contributed by atoms with Gasteiger partial charge in [0.15, 0.2) is 0 Å². The predicted octanol–water partition coefficient (Wildman–Crippen LogP) is 2.94. The maximum absolute atomic E-state index is 13.3. The zero-order valence-corrected chi connectivity index (χ0v) is 14.3. The number of hydrogen-bond donors (Lipinski definition) is 0. The third-order valence-corrected chi connectivity index (χ3v) is 4.37. The summed E-state index contributed by atoms with van der Waals surface area (Å²) in [6.07, 6.45) is 0.548. The van der Waals surface area contributed by atoms with Gasteiger partial charge in [-0.05, 0) is 40.3 Å². The van der Waals surface area contributed by atoms with Crippen LogP contribution < -0.4 is 9.47 Å². The van der Waals surface area contributed by atoms with E-state index in [1.54, 1.807) is 31.0 Å². The average molecular weight is 353 g/mol. The Hall–Kier alpha value is -3.29. The lowest BCUT2D eigenvalue weighted by Gasteiger charge is -2.24. The Labute approximate surface area is 149 Å². The van der Waals surface area contributed by atoms with Crippen LogP contribution in [0.25, 0.3) is 0 Å². The molecule has 0 radical (unpaired) electrons. The first kappa shape index (κ1) is 16.2. The molecule has 7 nitrogen and oxygen atoms in total. The van der Waals surface area contributed by atoms with Crippen molar-refractivity contribution in [3.05, 3.63) is 59.4 Å². The SMILES string of the molecule is COc1ccc(C2CC(c3ccc(F)cc3)=Nc3nnnn32)c(OC)c1. The molecule has 132 valence electrons. The summed E-state index contributed by atoms with van der Waals surface area (Å²) in [7, 11) is 3.21. The lowest BCUT2D eigenvalue weighted by Crippen LogP contribution is -2.22. The molecule has 3 aromatic rings. The van der Waals surface area contributed by atoms with Gasteiger partial charge < -0.3 is 9.47 Å². The monoisotopic (exact) mass is 353 g/mol. The average Bonchev–Trinajstić information content (AvgIpc) is 3.16. The summed E-state index contributed by atoms with van der Waals surface area (Å²) in [5.41, 5.74) is 2.53. The van der Waals surface area contributed by atoms with E-state index >= 15 is 0 Å². The van der Waals surface area contributed by atoms with Crippen molar-refractivity contribution < 1.29 is 13.9 Å². The molecule has 8 heteroatoms. The fourth-order valence-electron chi connectivity index (χ4n) is 3.06. The van der Waals surface area contributed by atoms with Crippen molar-refractivity contribution in [3.8, 4) is 11.5 Å². The molecular weight excluding hydrogens is 337 g/mol. The highest BCUT2D eigenvalue weighted by molar-refractivity contribution is 6.02. The number of benzene rings is 2. The van der Waals surface area contributed by atoms with Crippen LogP contribution in [-0.4, -0.2) is 40.1 Å². The van der Waals surface area contributed by atoms with Gasteiger partial charge in [0.25, 0.3) is 5.95 Å². The van der Waals surface area contributed by atoms with Gasteiger partial charge in [-0.1, -0.05) is 17.2 Å². The smallest absolute Gasteiger partial charge is 0.269 e. The zero-order chi connectivity index (χ0) is 18.1. The molecule has 0 spiro atoms. The van der Waals surface area contributed by atoms with Crippen molar-refractivity contribution in [3.63, 3.8) is 0 Å². The number of methoxy groups -OCH3 is 2. The number of ether oxygens (including phenoxy) is 2. The molecule has 2 aromatic carbocycles. The van der Waals surface area contributed by atoms with E-state index in [0.717, 1.165) is 16.8 Å². The molecule has 0 saturated carbocycles. The van der Waals surface area contributed by atoms with Gasteiger partial charge in [0, 0.05) is 18.1 Å². The largest absolute Gasteiger partial charge is 0.497 e. The number of tetrazole rings is 1. The summed E-state index contributed by atoms with van der Waals surface area (Å²) < 4.78 is 25.7. The first-order valence-electron chi connectivity index (χ1n) is 8.03. The third-order valence-electron chi connectivity index (χ3n) is 4.37. The third kappa shape index (κ3) is 2.79. The maximum atomic E-state index is 13.3. The molecule has 0 N–H and O–H groups in total. The minimum Gasteiger partial charge on any atom is -0.497 e. The van der Waals surface area contributed by atoms with Crippen LogP contribution in [0.1, 0.15) is 23.6 Å². The normalized spacial score (nSPS) is 16.0. The molecule has 0 amide bonds. The first-order valence-corrected chi connectivity index (χ1v) is 8.03. The number of halogens is 1. The van der Waals surface area contributed by atoms with Crippen LogP contribution in [0.2, 0.25) is 0 Å². The Kier molecular flexibility index (Phi) is 4.08. The van der Waals surface area contributed by atoms with Crippen molar-refractivity contribution >= 4 is 11.7 Å². The van der Waals surface area contributed by atoms with Gasteiger partial charge in [-0.2, -0.15) is 0 Å². The molecule has 1 atom stereocenters. The second kappa shape index (κ2) is 6.55. The number of aliphatic imine (C=N–C) groups is 1. The molecule has 0 bridgehead atoms. The molecule has 0 fully saturated rings. The number of nitrogens with zero attached hydrogens (tertiary/aromatic N) is 5. The van der Waals surface area contributed by atoms with Crippen molar-refractivity contribution in [1.82, 2.24) is 20.2 Å². The molecule has 0 aliphatic carbocycles. The minimum absolute atomic E-state index is 0.196. The van der Waals surface area contributed by atoms with Crippen molar-refractivity contribution in [1.29, 1.82) is 0 Å². The lowest BCUT2D eigenvalue weighted by atomic mass is 9.95. The van der Waals surface area contributed by atoms with Crippen LogP contribution in [0, 0.1) is 5.82 Å². The van der Waals surface area contributed by atoms with E-state index in [1.807, 2.05) is 18.2 Å². The summed E-state index contributed by atoms with van der Waals surface area (Å²) in [5.74, 6) is 1.49. The summed E-state index contributed by atoms with van der Waals surface area (Å²) in [4.78, 5) is 4.53. The van der Waals surface area contributed by atoms with Crippen molar-refractivity contribution in [2.24, 2.45) is 4.99 Å². The Morgan fingerprint density at radius 1 is 1.08 bits per heavy atom. The zero-order valence-electron chi connectivity index (χ0n) is 14.3. The van der Waals surface area contributed by atoms with Crippen LogP contribution in [0.3, 0.4) is 0 Å². The number of hydrogen-bond acceptors (Lipinski definition) is 6. The van der Waals surface area contributed by atoms with Crippen LogP contribution in [0.4, 0.5) is 10.3 Å². The van der Waals surface area contributed by atoms with Crippen molar-refractivity contribution in [2.45, 2.75) is 12.5 Å². The van der Waals surface area contributed by atoms with E-state index in [9.17, 15) is 4.39 Å². The highest BCUT2D eigenvalue weighted by atomic mass is 19.1. The Balaban J connectivity index is 1.79. The Morgan fingerprint density at radius 3 is 2.62 bits per heavy atom. The summed E-state index contributed by atoms with van der Waals surface area (Å²) in [6.45, 7) is 0. The van der Waals surface area contributed by atoms with Crippen molar-refractivity contribution in [2.75, 3.05) is 14.2 Å². The molecule has 0 saturated heterocycles. The summed E-state index contributed by atoms with van der Waals surface area (Å²) >= 11 is 0. The highest BCUT2D eigenvalue weighted by Gasteiger charge is 2.29. The van der Waals surface area contributed by atoms with Crippen LogP contribution >= 0.6 is 0 Å². The van der Waals surface area contributed by atoms with Gasteiger partial charge in [0.05, 0.1) is 26.0 Å². The molecular formula is C18H16FN5O2. The van der Waals surface area contributed by atoms with Gasteiger partial charge in [-0.25, -0.2) is 14.1 Å². The highest BCUT2D eigenvalue weighted by Crippen LogP contribution is 2.37. The van der Waals surface area contributed by atoms with Gasteiger partial charge in [-0.15, -0.1) is 0 Å². The van der Waals surface area contributed by atoms with E-state index in [4.69, 9.17) is 9.47 Å². The van der Waals surface area contributed by atoms with E-state index in [0.29, 0.717) is 23.9 Å². The second-order valence-corrected chi connectivity index (χ2v) is 5.82.